The SMILES string of the molecule is CCCCCCCCCCCCCCCCOCCCOP(=O)([O-])COS(=O)(=O)c1ccc(C)cc1. The Balaban J connectivity index is 1.92. The highest BCUT2D eigenvalue weighted by atomic mass is 32.2. The van der Waals surface area contributed by atoms with Crippen LogP contribution in [-0.4, -0.2) is 34.6 Å². The van der Waals surface area contributed by atoms with Gasteiger partial charge in [0.1, 0.15) is 6.35 Å². The highest BCUT2D eigenvalue weighted by Gasteiger charge is 2.19. The van der Waals surface area contributed by atoms with Crippen LogP contribution in [0.4, 0.5) is 0 Å². The van der Waals surface area contributed by atoms with E-state index >= 15 is 0 Å². The molecule has 0 fully saturated rings. The maximum atomic E-state index is 12.1. The summed E-state index contributed by atoms with van der Waals surface area (Å²) < 4.78 is 51.1. The summed E-state index contributed by atoms with van der Waals surface area (Å²) in [6.45, 7) is 5.08. The Morgan fingerprint density at radius 3 is 1.72 bits per heavy atom. The Labute approximate surface area is 220 Å². The molecule has 9 heteroatoms. The predicted molar refractivity (Wildman–Crippen MR) is 144 cm³/mol. The van der Waals surface area contributed by atoms with E-state index in [-0.39, 0.29) is 11.5 Å². The largest absolute Gasteiger partial charge is 0.777 e. The summed E-state index contributed by atoms with van der Waals surface area (Å²) in [5.41, 5.74) is 0.887. The van der Waals surface area contributed by atoms with Crippen molar-refractivity contribution in [2.45, 2.75) is 115 Å². The lowest BCUT2D eigenvalue weighted by atomic mass is 10.0. The van der Waals surface area contributed by atoms with Gasteiger partial charge in [0.25, 0.3) is 10.1 Å². The molecule has 1 atom stereocenters. The average molecular weight is 548 g/mol. The summed E-state index contributed by atoms with van der Waals surface area (Å²) in [6.07, 6.45) is 17.7. The van der Waals surface area contributed by atoms with Gasteiger partial charge in [0.05, 0.1) is 11.5 Å². The topological polar surface area (TPSA) is 102 Å². The van der Waals surface area contributed by atoms with E-state index in [4.69, 9.17) is 9.26 Å². The number of benzene rings is 1. The minimum atomic E-state index is -4.42. The second-order valence-electron chi connectivity index (χ2n) is 9.52. The first-order valence-electron chi connectivity index (χ1n) is 13.8. The van der Waals surface area contributed by atoms with Gasteiger partial charge < -0.3 is 18.7 Å². The summed E-state index contributed by atoms with van der Waals surface area (Å²) in [6, 6.07) is 5.97. The third-order valence-electron chi connectivity index (χ3n) is 6.04. The molecule has 0 bridgehead atoms. The monoisotopic (exact) mass is 547 g/mol. The van der Waals surface area contributed by atoms with Crippen LogP contribution in [0.2, 0.25) is 0 Å². The first-order valence-corrected chi connectivity index (χ1v) is 16.9. The van der Waals surface area contributed by atoms with Crippen LogP contribution in [0, 0.1) is 6.92 Å². The minimum absolute atomic E-state index is 0.0620. The molecule has 0 aliphatic rings. The Hall–Kier alpha value is -0.760. The molecule has 0 saturated carbocycles. The molecular formula is C27H48O7PS-. The molecule has 0 saturated heterocycles. The molecule has 0 N–H and O–H groups in total. The first-order chi connectivity index (χ1) is 17.3. The summed E-state index contributed by atoms with van der Waals surface area (Å²) in [5.74, 6) is 0. The molecule has 0 radical (unpaired) electrons. The molecular weight excluding hydrogens is 499 g/mol. The lowest BCUT2D eigenvalue weighted by Crippen LogP contribution is -2.15. The molecule has 7 nitrogen and oxygen atoms in total. The average Bonchev–Trinajstić information content (AvgIpc) is 2.84. The Morgan fingerprint density at radius 2 is 1.19 bits per heavy atom. The van der Waals surface area contributed by atoms with Crippen molar-refractivity contribution in [2.75, 3.05) is 26.2 Å². The summed E-state index contributed by atoms with van der Waals surface area (Å²) in [4.78, 5) is 11.8. The van der Waals surface area contributed by atoms with Crippen molar-refractivity contribution in [2.24, 2.45) is 0 Å². The van der Waals surface area contributed by atoms with E-state index in [1.807, 2.05) is 6.92 Å². The summed E-state index contributed by atoms with van der Waals surface area (Å²) >= 11 is 0. The van der Waals surface area contributed by atoms with Crippen LogP contribution in [0.3, 0.4) is 0 Å². The Morgan fingerprint density at radius 1 is 0.722 bits per heavy atom. The second kappa shape index (κ2) is 20.2. The zero-order chi connectivity index (χ0) is 26.5. The first kappa shape index (κ1) is 33.3. The van der Waals surface area contributed by atoms with Crippen molar-refractivity contribution >= 4 is 17.7 Å². The highest BCUT2D eigenvalue weighted by molar-refractivity contribution is 7.87. The number of rotatable bonds is 24. The zero-order valence-electron chi connectivity index (χ0n) is 22.5. The van der Waals surface area contributed by atoms with E-state index < -0.39 is 24.1 Å². The second-order valence-corrected chi connectivity index (χ2v) is 12.9. The molecule has 0 aliphatic carbocycles. The molecule has 0 heterocycles. The van der Waals surface area contributed by atoms with Crippen LogP contribution in [-0.2, 0) is 28.1 Å². The van der Waals surface area contributed by atoms with Crippen molar-refractivity contribution in [3.8, 4) is 0 Å². The lowest BCUT2D eigenvalue weighted by molar-refractivity contribution is -0.201. The Kier molecular flexibility index (Phi) is 18.7. The lowest BCUT2D eigenvalue weighted by Gasteiger charge is -2.22. The van der Waals surface area contributed by atoms with Gasteiger partial charge in [-0.25, -0.2) is 0 Å². The maximum Gasteiger partial charge on any atom is 0.297 e. The van der Waals surface area contributed by atoms with Crippen LogP contribution in [0.5, 0.6) is 0 Å². The maximum absolute atomic E-state index is 12.1. The normalized spacial score (nSPS) is 13.6. The van der Waals surface area contributed by atoms with Gasteiger partial charge in [-0.1, -0.05) is 108 Å². The van der Waals surface area contributed by atoms with E-state index in [0.29, 0.717) is 19.6 Å². The Bertz CT molecular complexity index is 812. The van der Waals surface area contributed by atoms with Crippen molar-refractivity contribution in [3.63, 3.8) is 0 Å². The van der Waals surface area contributed by atoms with Gasteiger partial charge >= 0.3 is 0 Å². The number of unbranched alkanes of at least 4 members (excludes halogenated alkanes) is 13. The molecule has 0 spiro atoms. The van der Waals surface area contributed by atoms with Crippen LogP contribution in [0.15, 0.2) is 29.2 Å². The number of aryl methyl sites for hydroxylation is 1. The van der Waals surface area contributed by atoms with E-state index in [2.05, 4.69) is 11.1 Å². The number of hydrogen-bond acceptors (Lipinski definition) is 7. The number of hydrogen-bond donors (Lipinski definition) is 0. The van der Waals surface area contributed by atoms with Crippen LogP contribution in [0.1, 0.15) is 109 Å². The minimum Gasteiger partial charge on any atom is -0.777 e. The van der Waals surface area contributed by atoms with Crippen LogP contribution in [0.25, 0.3) is 0 Å². The quantitative estimate of drug-likeness (QED) is 0.0771. The molecule has 0 aliphatic heterocycles. The molecule has 0 aromatic heterocycles. The fraction of sp³-hybridized carbons (Fsp3) is 0.778. The van der Waals surface area contributed by atoms with Crippen molar-refractivity contribution < 1.29 is 31.3 Å². The van der Waals surface area contributed by atoms with Gasteiger partial charge in [0.15, 0.2) is 7.60 Å². The van der Waals surface area contributed by atoms with Gasteiger partial charge in [0.2, 0.25) is 0 Å². The molecule has 0 amide bonds. The fourth-order valence-corrected chi connectivity index (χ4v) is 5.97. The van der Waals surface area contributed by atoms with E-state index in [9.17, 15) is 17.9 Å². The third kappa shape index (κ3) is 17.7. The third-order valence-corrected chi connectivity index (χ3v) is 8.51. The number of ether oxygens (including phenoxy) is 1. The standard InChI is InChI=1S/C27H49O7PS/c1-3-4-5-6-7-8-9-10-11-12-13-14-15-16-22-32-23-17-24-33-35(28,29)25-34-36(30,31)27-20-18-26(2)19-21-27/h18-21H,3-17,22-25H2,1-2H3,(H,28,29)/p-1. The van der Waals surface area contributed by atoms with Crippen LogP contribution < -0.4 is 4.89 Å². The van der Waals surface area contributed by atoms with E-state index in [0.717, 1.165) is 18.4 Å². The van der Waals surface area contributed by atoms with Crippen LogP contribution >= 0.6 is 7.60 Å². The van der Waals surface area contributed by atoms with Gasteiger partial charge in [0, 0.05) is 13.2 Å². The van der Waals surface area contributed by atoms with Gasteiger partial charge in [-0.05, 0) is 31.9 Å². The van der Waals surface area contributed by atoms with Crippen molar-refractivity contribution in [1.82, 2.24) is 0 Å². The molecule has 1 aromatic carbocycles. The van der Waals surface area contributed by atoms with Gasteiger partial charge in [-0.15, -0.1) is 0 Å². The predicted octanol–water partition coefficient (Wildman–Crippen LogP) is 7.12. The van der Waals surface area contributed by atoms with Gasteiger partial charge in [-0.2, -0.15) is 8.42 Å². The zero-order valence-corrected chi connectivity index (χ0v) is 24.2. The highest BCUT2D eigenvalue weighted by Crippen LogP contribution is 2.37. The molecule has 36 heavy (non-hydrogen) atoms. The van der Waals surface area contributed by atoms with Crippen molar-refractivity contribution in [3.05, 3.63) is 29.8 Å². The fourth-order valence-electron chi connectivity index (χ4n) is 3.81. The van der Waals surface area contributed by atoms with E-state index in [1.54, 1.807) is 12.1 Å². The van der Waals surface area contributed by atoms with Crippen molar-refractivity contribution in [1.29, 1.82) is 0 Å². The molecule has 1 rings (SSSR count). The van der Waals surface area contributed by atoms with Gasteiger partial charge in [-0.3, -0.25) is 4.18 Å². The summed E-state index contributed by atoms with van der Waals surface area (Å²) in [5, 5.41) is 0. The van der Waals surface area contributed by atoms with E-state index in [1.165, 1.54) is 89.2 Å². The smallest absolute Gasteiger partial charge is 0.297 e. The summed E-state index contributed by atoms with van der Waals surface area (Å²) in [7, 11) is -8.57. The molecule has 1 aromatic rings. The molecule has 210 valence electrons. The molecule has 1 unspecified atom stereocenters.